The predicted octanol–water partition coefficient (Wildman–Crippen LogP) is 3.12. The van der Waals surface area contributed by atoms with Crippen LogP contribution in [0.4, 0.5) is 13.2 Å². The molecule has 2 aliphatic rings. The Morgan fingerprint density at radius 2 is 1.30 bits per heavy atom. The van der Waals surface area contributed by atoms with Gasteiger partial charge in [0.05, 0.1) is 22.3 Å². The number of halogens is 3. The van der Waals surface area contributed by atoms with E-state index in [-0.39, 0.29) is 33.6 Å². The summed E-state index contributed by atoms with van der Waals surface area (Å²) < 4.78 is 60.2. The van der Waals surface area contributed by atoms with E-state index in [9.17, 15) is 41.9 Å². The van der Waals surface area contributed by atoms with Gasteiger partial charge >= 0.3 is 30.1 Å². The lowest BCUT2D eigenvalue weighted by Gasteiger charge is -2.17. The van der Waals surface area contributed by atoms with Crippen molar-refractivity contribution in [1.29, 1.82) is 0 Å². The molecule has 2 radical (unpaired) electrons. The zero-order valence-electron chi connectivity index (χ0n) is 23.5. The lowest BCUT2D eigenvalue weighted by Crippen LogP contribution is -2.29. The Labute approximate surface area is 247 Å². The SMILES string of the molecule is CC(=O)OC1C[C]=C[C]=C1C(N)=O.CC(=O)Oc1c(C(N)=O)c(OC(C)=O)c2c(OC(C)=O)c1-c1ccc(C(F)(F)F)cc1-2. The maximum atomic E-state index is 13.3. The second kappa shape index (κ2) is 12.8. The third-order valence-electron chi connectivity index (χ3n) is 5.76. The number of benzene rings is 2. The first kappa shape index (κ1) is 33.0. The van der Waals surface area contributed by atoms with Gasteiger partial charge in [-0.3, -0.25) is 28.8 Å². The first-order valence-electron chi connectivity index (χ1n) is 12.4. The van der Waals surface area contributed by atoms with E-state index >= 15 is 0 Å². The normalized spacial score (nSPS) is 14.2. The summed E-state index contributed by atoms with van der Waals surface area (Å²) in [7, 11) is 0. The van der Waals surface area contributed by atoms with Gasteiger partial charge in [0.25, 0.3) is 5.91 Å². The van der Waals surface area contributed by atoms with Crippen molar-refractivity contribution in [2.24, 2.45) is 11.5 Å². The quantitative estimate of drug-likeness (QED) is 0.307. The molecule has 4 rings (SSSR count). The molecule has 12 nitrogen and oxygen atoms in total. The summed E-state index contributed by atoms with van der Waals surface area (Å²) in [5, 5.41) is 0. The number of allylic oxidation sites excluding steroid dienone is 2. The molecule has 2 aliphatic carbocycles. The van der Waals surface area contributed by atoms with Gasteiger partial charge in [-0.25, -0.2) is 0 Å². The summed E-state index contributed by atoms with van der Waals surface area (Å²) in [6, 6.07) is 2.56. The monoisotopic (exact) mass is 616 g/mol. The minimum absolute atomic E-state index is 0.0522. The molecular weight excluding hydrogens is 593 g/mol. The van der Waals surface area contributed by atoms with Gasteiger partial charge < -0.3 is 30.4 Å². The van der Waals surface area contributed by atoms with E-state index in [1.54, 1.807) is 0 Å². The van der Waals surface area contributed by atoms with Gasteiger partial charge in [0.2, 0.25) is 5.91 Å². The van der Waals surface area contributed by atoms with Crippen molar-refractivity contribution < 1.29 is 60.9 Å². The van der Waals surface area contributed by atoms with Crippen LogP contribution in [0.2, 0.25) is 0 Å². The first-order valence-corrected chi connectivity index (χ1v) is 12.4. The van der Waals surface area contributed by atoms with Crippen molar-refractivity contribution in [1.82, 2.24) is 0 Å². The Kier molecular flexibility index (Phi) is 9.62. The summed E-state index contributed by atoms with van der Waals surface area (Å²) in [5.41, 5.74) is 8.52. The molecule has 1 unspecified atom stereocenters. The number of hydrogen-bond donors (Lipinski definition) is 2. The van der Waals surface area contributed by atoms with Crippen molar-refractivity contribution in [2.45, 2.75) is 46.4 Å². The van der Waals surface area contributed by atoms with Crippen LogP contribution in [0.1, 0.15) is 50.0 Å². The van der Waals surface area contributed by atoms with Crippen LogP contribution in [0.25, 0.3) is 22.3 Å². The molecule has 0 saturated heterocycles. The second-order valence-electron chi connectivity index (χ2n) is 9.09. The Hall–Kier alpha value is -5.47. The van der Waals surface area contributed by atoms with E-state index in [4.69, 9.17) is 30.4 Å². The summed E-state index contributed by atoms with van der Waals surface area (Å²) >= 11 is 0. The molecular formula is C29H23F3N2O10. The van der Waals surface area contributed by atoms with Gasteiger partial charge in [-0.1, -0.05) is 12.1 Å². The smallest absolute Gasteiger partial charge is 0.416 e. The van der Waals surface area contributed by atoms with E-state index < -0.39 is 70.6 Å². The fraction of sp³-hybridized carbons (Fsp3) is 0.241. The Bertz CT molecular complexity index is 1660. The summed E-state index contributed by atoms with van der Waals surface area (Å²) in [5.74, 6) is -6.40. The molecule has 230 valence electrons. The van der Waals surface area contributed by atoms with Crippen molar-refractivity contribution in [3.8, 4) is 39.5 Å². The third kappa shape index (κ3) is 7.11. The largest absolute Gasteiger partial charge is 0.457 e. The standard InChI is InChI=1S/C20H14F3NO7.C9H9NO3/c1-7(25)29-16-13-11-5-4-10(20(21,22)23)6-12(11)14(16)18(31-9(3)27)15(19(24)28)17(13)30-8(2)26;1-6(11)13-8-5-3-2-4-7(8)9(10)12/h4-6H,1-3H3,(H2,24,28);2,8H,5H2,1H3,(H2,10,12). The van der Waals surface area contributed by atoms with Crippen LogP contribution in [0.5, 0.6) is 17.2 Å². The van der Waals surface area contributed by atoms with Gasteiger partial charge in [-0.05, 0) is 35.4 Å². The Balaban J connectivity index is 0.000000340. The number of fused-ring (bicyclic) bond motifs is 5. The van der Waals surface area contributed by atoms with Crippen LogP contribution in [0.15, 0.2) is 29.8 Å². The molecule has 1 atom stereocenters. The number of nitrogens with two attached hydrogens (primary N) is 2. The molecule has 15 heteroatoms. The van der Waals surface area contributed by atoms with Gasteiger partial charge in [-0.15, -0.1) is 0 Å². The van der Waals surface area contributed by atoms with Crippen molar-refractivity contribution in [3.05, 3.63) is 53.1 Å². The Morgan fingerprint density at radius 3 is 1.75 bits per heavy atom. The molecule has 0 fully saturated rings. The minimum atomic E-state index is -4.72. The molecule has 2 amide bonds. The van der Waals surface area contributed by atoms with E-state index in [0.29, 0.717) is 6.42 Å². The highest BCUT2D eigenvalue weighted by Crippen LogP contribution is 2.61. The maximum Gasteiger partial charge on any atom is 0.416 e. The second-order valence-corrected chi connectivity index (χ2v) is 9.09. The average molecular weight is 617 g/mol. The van der Waals surface area contributed by atoms with Crippen LogP contribution in [-0.4, -0.2) is 41.8 Å². The fourth-order valence-corrected chi connectivity index (χ4v) is 4.30. The van der Waals surface area contributed by atoms with Crippen molar-refractivity contribution in [3.63, 3.8) is 0 Å². The number of carbonyl (C=O) groups is 6. The molecule has 44 heavy (non-hydrogen) atoms. The van der Waals surface area contributed by atoms with E-state index in [2.05, 4.69) is 12.2 Å². The summed E-state index contributed by atoms with van der Waals surface area (Å²) in [6.45, 7) is 4.29. The number of hydrogen-bond acceptors (Lipinski definition) is 10. The molecule has 2 aromatic rings. The number of rotatable bonds is 6. The fourth-order valence-electron chi connectivity index (χ4n) is 4.30. The molecule has 4 N–H and O–H groups in total. The average Bonchev–Trinajstić information content (AvgIpc) is 3.12. The lowest BCUT2D eigenvalue weighted by molar-refractivity contribution is -0.145. The number of alkyl halides is 3. The first-order chi connectivity index (χ1) is 20.4. The number of carbonyl (C=O) groups excluding carboxylic acids is 6. The molecule has 0 aromatic heterocycles. The molecule has 2 aromatic carbocycles. The minimum Gasteiger partial charge on any atom is -0.457 e. The number of amides is 2. The van der Waals surface area contributed by atoms with Crippen LogP contribution < -0.4 is 25.7 Å². The zero-order chi connectivity index (χ0) is 33.1. The molecule has 0 saturated carbocycles. The molecule has 0 heterocycles. The molecule has 2 bridgehead atoms. The highest BCUT2D eigenvalue weighted by atomic mass is 19.4. The highest BCUT2D eigenvalue weighted by molar-refractivity contribution is 6.14. The van der Waals surface area contributed by atoms with Crippen LogP contribution >= 0.6 is 0 Å². The topological polar surface area (TPSA) is 191 Å². The number of primary amides is 2. The van der Waals surface area contributed by atoms with E-state index in [1.165, 1.54) is 13.0 Å². The van der Waals surface area contributed by atoms with E-state index in [0.717, 1.165) is 39.0 Å². The summed E-state index contributed by atoms with van der Waals surface area (Å²) in [6.07, 6.45) is 1.86. The number of esters is 4. The third-order valence-corrected chi connectivity index (χ3v) is 5.76. The zero-order valence-corrected chi connectivity index (χ0v) is 23.5. The lowest BCUT2D eigenvalue weighted by atomic mass is 10.0. The van der Waals surface area contributed by atoms with Crippen LogP contribution in [0.3, 0.4) is 0 Å². The highest BCUT2D eigenvalue weighted by Gasteiger charge is 2.41. The number of ether oxygens (including phenoxy) is 4. The maximum absolute atomic E-state index is 13.3. The van der Waals surface area contributed by atoms with Crippen molar-refractivity contribution in [2.75, 3.05) is 0 Å². The van der Waals surface area contributed by atoms with E-state index in [1.807, 2.05) is 0 Å². The van der Waals surface area contributed by atoms with Gasteiger partial charge in [-0.2, -0.15) is 13.2 Å². The summed E-state index contributed by atoms with van der Waals surface area (Å²) in [4.78, 5) is 68.8. The van der Waals surface area contributed by atoms with Gasteiger partial charge in [0.15, 0.2) is 17.2 Å². The van der Waals surface area contributed by atoms with Gasteiger partial charge in [0.1, 0.15) is 11.7 Å². The Morgan fingerprint density at radius 1 is 0.773 bits per heavy atom. The van der Waals surface area contributed by atoms with Crippen LogP contribution in [0, 0.1) is 12.2 Å². The van der Waals surface area contributed by atoms with Crippen LogP contribution in [-0.2, 0) is 34.9 Å². The van der Waals surface area contributed by atoms with Gasteiger partial charge in [0, 0.05) is 34.1 Å². The molecule has 0 aliphatic heterocycles. The molecule has 0 spiro atoms. The van der Waals surface area contributed by atoms with Crippen molar-refractivity contribution >= 4 is 35.7 Å². The predicted molar refractivity (Wildman–Crippen MR) is 142 cm³/mol.